The SMILES string of the molecule is Clc1ccc(-c2nnc(N3CCCCC3)s2)cc1. The van der Waals surface area contributed by atoms with Gasteiger partial charge in [-0.1, -0.05) is 35.1 Å². The van der Waals surface area contributed by atoms with Gasteiger partial charge in [0.25, 0.3) is 0 Å². The summed E-state index contributed by atoms with van der Waals surface area (Å²) in [5.74, 6) is 0. The Hall–Kier alpha value is -1.13. The van der Waals surface area contributed by atoms with Crippen molar-refractivity contribution in [1.82, 2.24) is 10.2 Å². The van der Waals surface area contributed by atoms with Gasteiger partial charge in [-0.05, 0) is 31.4 Å². The maximum Gasteiger partial charge on any atom is 0.208 e. The summed E-state index contributed by atoms with van der Waals surface area (Å²) in [4.78, 5) is 2.33. The fraction of sp³-hybridized carbons (Fsp3) is 0.385. The predicted molar refractivity (Wildman–Crippen MR) is 76.4 cm³/mol. The average Bonchev–Trinajstić information content (AvgIpc) is 2.90. The summed E-state index contributed by atoms with van der Waals surface area (Å²) >= 11 is 7.54. The van der Waals surface area contributed by atoms with Crippen molar-refractivity contribution < 1.29 is 0 Å². The molecular weight excluding hydrogens is 266 g/mol. The van der Waals surface area contributed by atoms with Gasteiger partial charge in [0.15, 0.2) is 0 Å². The van der Waals surface area contributed by atoms with Crippen LogP contribution in [-0.4, -0.2) is 23.3 Å². The normalized spacial score (nSPS) is 15.9. The minimum Gasteiger partial charge on any atom is -0.347 e. The molecule has 0 saturated carbocycles. The molecule has 0 radical (unpaired) electrons. The lowest BCUT2D eigenvalue weighted by atomic mass is 10.1. The van der Waals surface area contributed by atoms with E-state index in [1.54, 1.807) is 11.3 Å². The van der Waals surface area contributed by atoms with Crippen molar-refractivity contribution in [3.63, 3.8) is 0 Å². The van der Waals surface area contributed by atoms with Crippen LogP contribution >= 0.6 is 22.9 Å². The Kier molecular flexibility index (Phi) is 3.48. The fourth-order valence-corrected chi connectivity index (χ4v) is 3.17. The van der Waals surface area contributed by atoms with E-state index in [1.165, 1.54) is 19.3 Å². The lowest BCUT2D eigenvalue weighted by Gasteiger charge is -2.25. The Morgan fingerprint density at radius 2 is 1.72 bits per heavy atom. The van der Waals surface area contributed by atoms with Gasteiger partial charge in [-0.3, -0.25) is 0 Å². The van der Waals surface area contributed by atoms with Crippen LogP contribution in [0.1, 0.15) is 19.3 Å². The average molecular weight is 280 g/mol. The van der Waals surface area contributed by atoms with Crippen LogP contribution in [0.25, 0.3) is 10.6 Å². The van der Waals surface area contributed by atoms with Crippen LogP contribution in [0.4, 0.5) is 5.13 Å². The number of hydrogen-bond acceptors (Lipinski definition) is 4. The van der Waals surface area contributed by atoms with Crippen molar-refractivity contribution in [2.75, 3.05) is 18.0 Å². The van der Waals surface area contributed by atoms with E-state index in [4.69, 9.17) is 11.6 Å². The molecule has 3 rings (SSSR count). The number of piperidine rings is 1. The summed E-state index contributed by atoms with van der Waals surface area (Å²) in [5, 5.41) is 11.3. The lowest BCUT2D eigenvalue weighted by molar-refractivity contribution is 0.575. The van der Waals surface area contributed by atoms with Gasteiger partial charge >= 0.3 is 0 Å². The van der Waals surface area contributed by atoms with E-state index < -0.39 is 0 Å². The topological polar surface area (TPSA) is 29.0 Å². The molecule has 1 saturated heterocycles. The first-order valence-corrected chi connectivity index (χ1v) is 7.37. The molecule has 5 heteroatoms. The number of halogens is 1. The predicted octanol–water partition coefficient (Wildman–Crippen LogP) is 3.85. The number of rotatable bonds is 2. The lowest BCUT2D eigenvalue weighted by Crippen LogP contribution is -2.29. The molecule has 1 aliphatic rings. The molecule has 1 aromatic heterocycles. The van der Waals surface area contributed by atoms with Gasteiger partial charge in [-0.15, -0.1) is 10.2 Å². The van der Waals surface area contributed by atoms with E-state index in [1.807, 2.05) is 24.3 Å². The Labute approximate surface area is 115 Å². The van der Waals surface area contributed by atoms with Crippen LogP contribution in [0.3, 0.4) is 0 Å². The summed E-state index contributed by atoms with van der Waals surface area (Å²) in [6.45, 7) is 2.21. The first-order chi connectivity index (χ1) is 8.83. The van der Waals surface area contributed by atoms with Crippen molar-refractivity contribution >= 4 is 28.1 Å². The highest BCUT2D eigenvalue weighted by Gasteiger charge is 2.15. The zero-order valence-corrected chi connectivity index (χ0v) is 11.5. The van der Waals surface area contributed by atoms with Crippen molar-refractivity contribution in [1.29, 1.82) is 0 Å². The second kappa shape index (κ2) is 5.24. The summed E-state index contributed by atoms with van der Waals surface area (Å²) in [5.41, 5.74) is 1.08. The maximum absolute atomic E-state index is 5.89. The number of nitrogens with zero attached hydrogens (tertiary/aromatic N) is 3. The molecule has 0 aliphatic carbocycles. The Balaban J connectivity index is 1.82. The quantitative estimate of drug-likeness (QED) is 0.836. The van der Waals surface area contributed by atoms with E-state index in [2.05, 4.69) is 15.1 Å². The van der Waals surface area contributed by atoms with Gasteiger partial charge in [0.1, 0.15) is 5.01 Å². The van der Waals surface area contributed by atoms with Gasteiger partial charge in [-0.2, -0.15) is 0 Å². The van der Waals surface area contributed by atoms with E-state index >= 15 is 0 Å². The van der Waals surface area contributed by atoms with Crippen LogP contribution in [0, 0.1) is 0 Å². The molecule has 0 N–H and O–H groups in total. The van der Waals surface area contributed by atoms with Crippen LogP contribution in [0.2, 0.25) is 5.02 Å². The third kappa shape index (κ3) is 2.49. The molecule has 94 valence electrons. The molecule has 0 amide bonds. The van der Waals surface area contributed by atoms with Crippen molar-refractivity contribution in [2.45, 2.75) is 19.3 Å². The Morgan fingerprint density at radius 3 is 2.44 bits per heavy atom. The summed E-state index contributed by atoms with van der Waals surface area (Å²) in [7, 11) is 0. The molecule has 1 aliphatic heterocycles. The highest BCUT2D eigenvalue weighted by molar-refractivity contribution is 7.18. The van der Waals surface area contributed by atoms with Crippen molar-refractivity contribution in [3.8, 4) is 10.6 Å². The van der Waals surface area contributed by atoms with Crippen LogP contribution < -0.4 is 4.90 Å². The molecule has 0 unspecified atom stereocenters. The second-order valence-corrected chi connectivity index (χ2v) is 5.84. The largest absolute Gasteiger partial charge is 0.347 e. The number of benzene rings is 1. The number of anilines is 1. The molecule has 0 spiro atoms. The monoisotopic (exact) mass is 279 g/mol. The molecule has 18 heavy (non-hydrogen) atoms. The van der Waals surface area contributed by atoms with Gasteiger partial charge in [-0.25, -0.2) is 0 Å². The minimum atomic E-state index is 0.750. The number of aromatic nitrogens is 2. The van der Waals surface area contributed by atoms with Gasteiger partial charge in [0.2, 0.25) is 5.13 Å². The molecule has 2 heterocycles. The van der Waals surface area contributed by atoms with Crippen LogP contribution in [0.15, 0.2) is 24.3 Å². The van der Waals surface area contributed by atoms with Gasteiger partial charge < -0.3 is 4.90 Å². The van der Waals surface area contributed by atoms with Gasteiger partial charge in [0, 0.05) is 23.7 Å². The highest BCUT2D eigenvalue weighted by atomic mass is 35.5. The zero-order valence-electron chi connectivity index (χ0n) is 9.97. The van der Waals surface area contributed by atoms with Gasteiger partial charge in [0.05, 0.1) is 0 Å². The van der Waals surface area contributed by atoms with Crippen molar-refractivity contribution in [3.05, 3.63) is 29.3 Å². The van der Waals surface area contributed by atoms with E-state index in [9.17, 15) is 0 Å². The van der Waals surface area contributed by atoms with E-state index in [0.29, 0.717) is 0 Å². The fourth-order valence-electron chi connectivity index (χ4n) is 2.14. The molecule has 0 bridgehead atoms. The third-order valence-electron chi connectivity index (χ3n) is 3.13. The first kappa shape index (κ1) is 11.9. The zero-order chi connectivity index (χ0) is 12.4. The summed E-state index contributed by atoms with van der Waals surface area (Å²) < 4.78 is 0. The summed E-state index contributed by atoms with van der Waals surface area (Å²) in [6.07, 6.45) is 3.85. The maximum atomic E-state index is 5.89. The standard InChI is InChI=1S/C13H14ClN3S/c14-11-6-4-10(5-7-11)12-15-16-13(18-12)17-8-2-1-3-9-17/h4-7H,1-3,8-9H2. The molecule has 1 aromatic carbocycles. The molecule has 0 atom stereocenters. The molecule has 3 nitrogen and oxygen atoms in total. The molecular formula is C13H14ClN3S. The van der Waals surface area contributed by atoms with E-state index in [0.717, 1.165) is 33.8 Å². The number of hydrogen-bond donors (Lipinski definition) is 0. The Bertz CT molecular complexity index is 517. The highest BCUT2D eigenvalue weighted by Crippen LogP contribution is 2.30. The van der Waals surface area contributed by atoms with E-state index in [-0.39, 0.29) is 0 Å². The summed E-state index contributed by atoms with van der Waals surface area (Å²) in [6, 6.07) is 7.75. The van der Waals surface area contributed by atoms with Crippen LogP contribution in [0.5, 0.6) is 0 Å². The molecule has 2 aromatic rings. The van der Waals surface area contributed by atoms with Crippen LogP contribution in [-0.2, 0) is 0 Å². The smallest absolute Gasteiger partial charge is 0.208 e. The third-order valence-corrected chi connectivity index (χ3v) is 4.42. The molecule has 1 fully saturated rings. The Morgan fingerprint density at radius 1 is 1.00 bits per heavy atom. The van der Waals surface area contributed by atoms with Crippen molar-refractivity contribution in [2.24, 2.45) is 0 Å². The second-order valence-electron chi connectivity index (χ2n) is 4.44. The minimum absolute atomic E-state index is 0.750. The first-order valence-electron chi connectivity index (χ1n) is 6.17.